The summed E-state index contributed by atoms with van der Waals surface area (Å²) in [5, 5.41) is 11.3. The number of rotatable bonds is 17. The Labute approximate surface area is 171 Å². The Morgan fingerprint density at radius 3 is 1.42 bits per heavy atom. The van der Waals surface area contributed by atoms with E-state index < -0.39 is 11.8 Å². The van der Waals surface area contributed by atoms with Gasteiger partial charge in [-0.2, -0.15) is 0 Å². The van der Waals surface area contributed by atoms with Gasteiger partial charge in [0, 0.05) is 0 Å². The van der Waals surface area contributed by atoms with Crippen molar-refractivity contribution in [2.75, 3.05) is 13.2 Å². The van der Waals surface area contributed by atoms with Gasteiger partial charge in [-0.05, 0) is 19.8 Å². The van der Waals surface area contributed by atoms with Gasteiger partial charge in [0.2, 0.25) is 5.79 Å². The number of ether oxygens (including phenoxy) is 2. The monoisotopic (exact) mass is 352 g/mol. The third-order valence-corrected chi connectivity index (χ3v) is 4.12. The van der Waals surface area contributed by atoms with Crippen LogP contribution in [0.15, 0.2) is 0 Å². The molecule has 0 aliphatic heterocycles. The smallest absolute Gasteiger partial charge is 0.544 e. The van der Waals surface area contributed by atoms with Crippen molar-refractivity contribution in [2.24, 2.45) is 0 Å². The van der Waals surface area contributed by atoms with Crippen LogP contribution in [0.4, 0.5) is 0 Å². The predicted molar refractivity (Wildman–Crippen MR) is 92.1 cm³/mol. The Morgan fingerprint density at radius 2 is 1.08 bits per heavy atom. The van der Waals surface area contributed by atoms with Gasteiger partial charge in [0.25, 0.3) is 0 Å². The summed E-state index contributed by atoms with van der Waals surface area (Å²) in [4.78, 5) is 11.3. The van der Waals surface area contributed by atoms with E-state index in [4.69, 9.17) is 9.47 Å². The molecule has 0 radical (unpaired) electrons. The van der Waals surface area contributed by atoms with Crippen molar-refractivity contribution in [1.82, 2.24) is 0 Å². The second-order valence-corrected chi connectivity index (χ2v) is 6.47. The molecular weight excluding hydrogens is 315 g/mol. The second-order valence-electron chi connectivity index (χ2n) is 6.47. The molecule has 0 bridgehead atoms. The molecule has 5 heteroatoms. The SMILES string of the molecule is CCCCCCCCOC(C)(OCCCCCCCC)C(=O)[O-].[Na+]. The molecule has 0 aromatic carbocycles. The largest absolute Gasteiger partial charge is 1.00 e. The first kappa shape index (κ1) is 26.6. The van der Waals surface area contributed by atoms with E-state index >= 15 is 0 Å². The number of carboxylic acids is 1. The number of aliphatic carboxylic acids is 1. The minimum atomic E-state index is -1.60. The van der Waals surface area contributed by atoms with Crippen LogP contribution in [0.2, 0.25) is 0 Å². The number of hydrogen-bond acceptors (Lipinski definition) is 4. The molecule has 0 atom stereocenters. The van der Waals surface area contributed by atoms with Crippen molar-refractivity contribution in [3.63, 3.8) is 0 Å². The summed E-state index contributed by atoms with van der Waals surface area (Å²) in [5.74, 6) is -2.89. The average Bonchev–Trinajstić information content (AvgIpc) is 2.53. The summed E-state index contributed by atoms with van der Waals surface area (Å²) >= 11 is 0. The van der Waals surface area contributed by atoms with Crippen LogP contribution in [-0.4, -0.2) is 25.0 Å². The summed E-state index contributed by atoms with van der Waals surface area (Å²) in [5.41, 5.74) is 0. The average molecular weight is 352 g/mol. The fraction of sp³-hybridized carbons (Fsp3) is 0.947. The molecule has 0 fully saturated rings. The first-order valence-corrected chi connectivity index (χ1v) is 9.56. The Kier molecular flexibility index (Phi) is 20.2. The number of carbonyl (C=O) groups is 1. The van der Waals surface area contributed by atoms with Crippen LogP contribution >= 0.6 is 0 Å². The molecule has 0 saturated carbocycles. The van der Waals surface area contributed by atoms with Gasteiger partial charge in [-0.3, -0.25) is 0 Å². The number of hydrogen-bond donors (Lipinski definition) is 0. The molecule has 0 aromatic heterocycles. The van der Waals surface area contributed by atoms with E-state index in [0.717, 1.165) is 25.7 Å². The summed E-state index contributed by atoms with van der Waals surface area (Å²) in [6.45, 7) is 6.65. The molecule has 0 aliphatic rings. The molecule has 0 aromatic rings. The van der Waals surface area contributed by atoms with Crippen LogP contribution in [0, 0.1) is 0 Å². The van der Waals surface area contributed by atoms with E-state index in [-0.39, 0.29) is 29.6 Å². The van der Waals surface area contributed by atoms with Crippen LogP contribution in [0.1, 0.15) is 97.8 Å². The first-order valence-electron chi connectivity index (χ1n) is 9.56. The molecule has 0 unspecified atom stereocenters. The van der Waals surface area contributed by atoms with Gasteiger partial charge < -0.3 is 19.4 Å². The molecule has 0 spiro atoms. The van der Waals surface area contributed by atoms with Crippen LogP contribution in [0.5, 0.6) is 0 Å². The first-order chi connectivity index (χ1) is 11.1. The number of carboxylic acid groups (broad SMARTS) is 1. The van der Waals surface area contributed by atoms with Crippen LogP contribution in [0.3, 0.4) is 0 Å². The molecule has 138 valence electrons. The van der Waals surface area contributed by atoms with Gasteiger partial charge in [0.1, 0.15) is 5.97 Å². The fourth-order valence-electron chi connectivity index (χ4n) is 2.46. The molecule has 0 amide bonds. The van der Waals surface area contributed by atoms with Gasteiger partial charge >= 0.3 is 29.6 Å². The van der Waals surface area contributed by atoms with E-state index in [1.54, 1.807) is 0 Å². The fourth-order valence-corrected chi connectivity index (χ4v) is 2.46. The molecule has 24 heavy (non-hydrogen) atoms. The zero-order valence-electron chi connectivity index (χ0n) is 16.5. The number of carbonyl (C=O) groups excluding carboxylic acids is 1. The van der Waals surface area contributed by atoms with Crippen LogP contribution in [0.25, 0.3) is 0 Å². The maximum absolute atomic E-state index is 11.3. The van der Waals surface area contributed by atoms with Gasteiger partial charge in [0.05, 0.1) is 13.2 Å². The molecule has 0 heterocycles. The third kappa shape index (κ3) is 14.7. The van der Waals surface area contributed by atoms with E-state index in [0.29, 0.717) is 13.2 Å². The zero-order valence-corrected chi connectivity index (χ0v) is 18.5. The predicted octanol–water partition coefficient (Wildman–Crippen LogP) is 1.21. The standard InChI is InChI=1S/C19H38O4.Na/c1-4-6-8-10-12-14-16-22-19(3,18(20)21)23-17-15-13-11-9-7-5-2;/h4-17H2,1-3H3,(H,20,21);/q;+1/p-1. The zero-order chi connectivity index (χ0) is 17.4. The molecule has 0 rings (SSSR count). The number of unbranched alkanes of at least 4 members (excludes halogenated alkanes) is 10. The normalized spacial score (nSPS) is 11.3. The van der Waals surface area contributed by atoms with E-state index in [1.165, 1.54) is 58.3 Å². The summed E-state index contributed by atoms with van der Waals surface area (Å²) in [6, 6.07) is 0. The van der Waals surface area contributed by atoms with Gasteiger partial charge in [0.15, 0.2) is 0 Å². The topological polar surface area (TPSA) is 58.6 Å². The quantitative estimate of drug-likeness (QED) is 0.224. The van der Waals surface area contributed by atoms with Gasteiger partial charge in [-0.15, -0.1) is 0 Å². The molecular formula is C19H37NaO4. The Balaban J connectivity index is 0. The maximum Gasteiger partial charge on any atom is 1.00 e. The Morgan fingerprint density at radius 1 is 0.750 bits per heavy atom. The van der Waals surface area contributed by atoms with Gasteiger partial charge in [-0.25, -0.2) is 0 Å². The van der Waals surface area contributed by atoms with Crippen molar-refractivity contribution >= 4 is 5.97 Å². The van der Waals surface area contributed by atoms with E-state index in [9.17, 15) is 9.90 Å². The maximum atomic E-state index is 11.3. The second kappa shape index (κ2) is 18.2. The van der Waals surface area contributed by atoms with Crippen molar-refractivity contribution in [2.45, 2.75) is 104 Å². The Bertz CT molecular complexity index is 267. The minimum absolute atomic E-state index is 0. The molecule has 0 aliphatic carbocycles. The molecule has 4 nitrogen and oxygen atoms in total. The van der Waals surface area contributed by atoms with Crippen LogP contribution < -0.4 is 34.7 Å². The van der Waals surface area contributed by atoms with Gasteiger partial charge in [-0.1, -0.05) is 78.1 Å². The molecule has 0 saturated heterocycles. The summed E-state index contributed by atoms with van der Waals surface area (Å²) in [6.07, 6.45) is 13.7. The van der Waals surface area contributed by atoms with E-state index in [1.807, 2.05) is 0 Å². The minimum Gasteiger partial charge on any atom is -0.544 e. The van der Waals surface area contributed by atoms with Crippen molar-refractivity contribution < 1.29 is 48.9 Å². The molecule has 0 N–H and O–H groups in total. The van der Waals surface area contributed by atoms with E-state index in [2.05, 4.69) is 13.8 Å². The van der Waals surface area contributed by atoms with Crippen LogP contribution in [-0.2, 0) is 14.3 Å². The summed E-state index contributed by atoms with van der Waals surface area (Å²) in [7, 11) is 0. The van der Waals surface area contributed by atoms with Crippen molar-refractivity contribution in [3.8, 4) is 0 Å². The summed E-state index contributed by atoms with van der Waals surface area (Å²) < 4.78 is 10.9. The third-order valence-electron chi connectivity index (χ3n) is 4.12. The van der Waals surface area contributed by atoms with Crippen molar-refractivity contribution in [1.29, 1.82) is 0 Å². The Hall–Kier alpha value is 0.390. The van der Waals surface area contributed by atoms with Crippen molar-refractivity contribution in [3.05, 3.63) is 0 Å².